The molecule has 0 amide bonds. The van der Waals surface area contributed by atoms with Crippen molar-refractivity contribution in [2.45, 2.75) is 19.5 Å². The number of hydrogen-bond acceptors (Lipinski definition) is 7. The van der Waals surface area contributed by atoms with Gasteiger partial charge in [0.25, 0.3) is 0 Å². The third-order valence-corrected chi connectivity index (χ3v) is 2.31. The minimum atomic E-state index is 0.143. The molecule has 2 heterocycles. The number of hydrogen-bond donors (Lipinski definition) is 4. The van der Waals surface area contributed by atoms with Crippen LogP contribution < -0.4 is 22.3 Å². The number of nitrogens with zero attached hydrogens (tertiary/aromatic N) is 4. The van der Waals surface area contributed by atoms with Crippen LogP contribution >= 0.6 is 0 Å². The van der Waals surface area contributed by atoms with E-state index in [-0.39, 0.29) is 12.0 Å². The molecule has 0 spiro atoms. The maximum absolute atomic E-state index is 5.57. The molecule has 2 rings (SSSR count). The van der Waals surface area contributed by atoms with Gasteiger partial charge >= 0.3 is 0 Å². The molecule has 8 heteroatoms. The first-order chi connectivity index (χ1) is 8.67. The Morgan fingerprint density at radius 3 is 2.83 bits per heavy atom. The van der Waals surface area contributed by atoms with Gasteiger partial charge in [-0.2, -0.15) is 15.1 Å². The van der Waals surface area contributed by atoms with Crippen molar-refractivity contribution in [3.63, 3.8) is 0 Å². The second kappa shape index (κ2) is 5.32. The first-order valence-electron chi connectivity index (χ1n) is 5.52. The number of nitrogens with two attached hydrogens (primary N) is 2. The summed E-state index contributed by atoms with van der Waals surface area (Å²) in [5.41, 5.74) is 8.01. The van der Waals surface area contributed by atoms with Crippen LogP contribution in [0.4, 0.5) is 17.6 Å². The van der Waals surface area contributed by atoms with E-state index in [1.807, 2.05) is 23.9 Å². The molecule has 1 unspecified atom stereocenters. The van der Waals surface area contributed by atoms with Crippen LogP contribution in [-0.4, -0.2) is 25.8 Å². The molecule has 96 valence electrons. The van der Waals surface area contributed by atoms with Gasteiger partial charge in [0.15, 0.2) is 0 Å². The highest BCUT2D eigenvalue weighted by molar-refractivity contribution is 5.50. The second-order valence-corrected chi connectivity index (χ2v) is 3.91. The van der Waals surface area contributed by atoms with E-state index >= 15 is 0 Å². The maximum Gasteiger partial charge on any atom is 0.223 e. The van der Waals surface area contributed by atoms with E-state index in [1.54, 1.807) is 12.3 Å². The van der Waals surface area contributed by atoms with Crippen LogP contribution in [-0.2, 0) is 6.54 Å². The third kappa shape index (κ3) is 3.08. The molecule has 0 aliphatic rings. The quantitative estimate of drug-likeness (QED) is 0.435. The monoisotopic (exact) mass is 248 g/mol. The molecule has 2 aromatic rings. The summed E-state index contributed by atoms with van der Waals surface area (Å²) in [6.07, 6.45) is 3.64. The summed E-state index contributed by atoms with van der Waals surface area (Å²) in [5.74, 6) is 6.55. The molecule has 0 fully saturated rings. The summed E-state index contributed by atoms with van der Waals surface area (Å²) in [6, 6.07) is 3.71. The molecular formula is C10H16N8. The van der Waals surface area contributed by atoms with Crippen molar-refractivity contribution in [3.8, 4) is 0 Å². The fourth-order valence-electron chi connectivity index (χ4n) is 1.60. The zero-order chi connectivity index (χ0) is 13.0. The molecule has 0 saturated heterocycles. The summed E-state index contributed by atoms with van der Waals surface area (Å²) in [6.45, 7) is 2.75. The van der Waals surface area contributed by atoms with Crippen LogP contribution in [0.15, 0.2) is 24.5 Å². The van der Waals surface area contributed by atoms with Gasteiger partial charge in [-0.15, -0.1) is 0 Å². The minimum Gasteiger partial charge on any atom is -0.368 e. The van der Waals surface area contributed by atoms with E-state index in [4.69, 9.17) is 11.6 Å². The fourth-order valence-corrected chi connectivity index (χ4v) is 1.60. The Morgan fingerprint density at radius 2 is 2.17 bits per heavy atom. The standard InChI is InChI=1S/C10H16N8/c1-7(6-18-4-2-3-13-18)14-8-5-9(17-12)16-10(11)15-8/h2-5,7H,6,12H2,1H3,(H4,11,14,15,16,17). The average molecular weight is 248 g/mol. The number of rotatable bonds is 5. The van der Waals surface area contributed by atoms with Gasteiger partial charge in [0.05, 0.1) is 6.54 Å². The van der Waals surface area contributed by atoms with Crippen LogP contribution in [0.2, 0.25) is 0 Å². The van der Waals surface area contributed by atoms with Gasteiger partial charge < -0.3 is 16.5 Å². The largest absolute Gasteiger partial charge is 0.368 e. The molecule has 0 bridgehead atoms. The molecule has 0 aromatic carbocycles. The van der Waals surface area contributed by atoms with Crippen molar-refractivity contribution >= 4 is 17.6 Å². The number of nitrogens with one attached hydrogen (secondary N) is 2. The summed E-state index contributed by atoms with van der Waals surface area (Å²) in [4.78, 5) is 7.99. The summed E-state index contributed by atoms with van der Waals surface area (Å²) in [7, 11) is 0. The highest BCUT2D eigenvalue weighted by Crippen LogP contribution is 2.12. The van der Waals surface area contributed by atoms with E-state index in [2.05, 4.69) is 25.8 Å². The Balaban J connectivity index is 2.02. The van der Waals surface area contributed by atoms with Crippen LogP contribution in [0.3, 0.4) is 0 Å². The SMILES string of the molecule is CC(Cn1cccn1)Nc1cc(NN)nc(N)n1. The molecule has 2 aromatic heterocycles. The highest BCUT2D eigenvalue weighted by Gasteiger charge is 2.06. The molecular weight excluding hydrogens is 232 g/mol. The summed E-state index contributed by atoms with van der Waals surface area (Å²) in [5, 5.41) is 7.34. The topological polar surface area (TPSA) is 120 Å². The normalized spacial score (nSPS) is 12.1. The van der Waals surface area contributed by atoms with Crippen LogP contribution in [0, 0.1) is 0 Å². The van der Waals surface area contributed by atoms with E-state index < -0.39 is 0 Å². The molecule has 6 N–H and O–H groups in total. The Kier molecular flexibility index (Phi) is 3.58. The maximum atomic E-state index is 5.57. The average Bonchev–Trinajstić information content (AvgIpc) is 2.80. The Labute approximate surface area is 104 Å². The van der Waals surface area contributed by atoms with Crippen molar-refractivity contribution in [3.05, 3.63) is 24.5 Å². The zero-order valence-corrected chi connectivity index (χ0v) is 10.0. The molecule has 0 aliphatic carbocycles. The predicted octanol–water partition coefficient (Wildman–Crippen LogP) is 0.0415. The Hall–Kier alpha value is -2.35. The smallest absolute Gasteiger partial charge is 0.223 e. The highest BCUT2D eigenvalue weighted by atomic mass is 15.3. The van der Waals surface area contributed by atoms with E-state index in [9.17, 15) is 0 Å². The number of hydrazine groups is 1. The van der Waals surface area contributed by atoms with Crippen LogP contribution in [0.5, 0.6) is 0 Å². The van der Waals surface area contributed by atoms with Gasteiger partial charge in [-0.3, -0.25) is 4.68 Å². The van der Waals surface area contributed by atoms with Crippen molar-refractivity contribution < 1.29 is 0 Å². The first kappa shape index (κ1) is 12.1. The van der Waals surface area contributed by atoms with Crippen LogP contribution in [0.1, 0.15) is 6.92 Å². The summed E-state index contributed by atoms with van der Waals surface area (Å²) < 4.78 is 1.84. The fraction of sp³-hybridized carbons (Fsp3) is 0.300. The molecule has 0 radical (unpaired) electrons. The molecule has 8 nitrogen and oxygen atoms in total. The lowest BCUT2D eigenvalue weighted by Crippen LogP contribution is -2.23. The van der Waals surface area contributed by atoms with Gasteiger partial charge in [-0.25, -0.2) is 5.84 Å². The van der Waals surface area contributed by atoms with Gasteiger partial charge in [0.1, 0.15) is 11.6 Å². The van der Waals surface area contributed by atoms with Gasteiger partial charge in [0.2, 0.25) is 5.95 Å². The van der Waals surface area contributed by atoms with E-state index in [0.717, 1.165) is 6.54 Å². The minimum absolute atomic E-state index is 0.143. The summed E-state index contributed by atoms with van der Waals surface area (Å²) >= 11 is 0. The number of anilines is 3. The molecule has 18 heavy (non-hydrogen) atoms. The third-order valence-electron chi connectivity index (χ3n) is 2.31. The first-order valence-corrected chi connectivity index (χ1v) is 5.52. The van der Waals surface area contributed by atoms with Gasteiger partial charge in [0, 0.05) is 24.5 Å². The van der Waals surface area contributed by atoms with Crippen molar-refractivity contribution in [1.82, 2.24) is 19.7 Å². The molecule has 1 atom stereocenters. The van der Waals surface area contributed by atoms with Crippen LogP contribution in [0.25, 0.3) is 0 Å². The predicted molar refractivity (Wildman–Crippen MR) is 69.6 cm³/mol. The van der Waals surface area contributed by atoms with E-state index in [1.165, 1.54) is 0 Å². The molecule has 0 aliphatic heterocycles. The van der Waals surface area contributed by atoms with Crippen molar-refractivity contribution in [2.75, 3.05) is 16.5 Å². The van der Waals surface area contributed by atoms with E-state index in [0.29, 0.717) is 11.6 Å². The number of nitrogen functional groups attached to an aromatic ring is 2. The van der Waals surface area contributed by atoms with Gasteiger partial charge in [-0.1, -0.05) is 0 Å². The number of aromatic nitrogens is 4. The van der Waals surface area contributed by atoms with Crippen molar-refractivity contribution in [2.24, 2.45) is 5.84 Å². The van der Waals surface area contributed by atoms with Gasteiger partial charge in [-0.05, 0) is 13.0 Å². The van der Waals surface area contributed by atoms with Crippen molar-refractivity contribution in [1.29, 1.82) is 0 Å². The second-order valence-electron chi connectivity index (χ2n) is 3.91. The molecule has 0 saturated carbocycles. The lowest BCUT2D eigenvalue weighted by Gasteiger charge is -2.15. The Morgan fingerprint density at radius 1 is 1.39 bits per heavy atom. The zero-order valence-electron chi connectivity index (χ0n) is 10.0. The lowest BCUT2D eigenvalue weighted by atomic mass is 10.3. The Bertz CT molecular complexity index is 495. The lowest BCUT2D eigenvalue weighted by molar-refractivity contribution is 0.560.